The fourth-order valence-corrected chi connectivity index (χ4v) is 2.42. The van der Waals surface area contributed by atoms with Gasteiger partial charge in [0.2, 0.25) is 5.91 Å². The first kappa shape index (κ1) is 18.5. The first-order valence-electron chi connectivity index (χ1n) is 8.25. The average Bonchev–Trinajstić information content (AvgIpc) is 2.56. The van der Waals surface area contributed by atoms with E-state index in [0.29, 0.717) is 18.7 Å². The third-order valence-electron chi connectivity index (χ3n) is 3.93. The Bertz CT molecular complexity index is 769. The van der Waals surface area contributed by atoms with E-state index in [4.69, 9.17) is 0 Å². The minimum atomic E-state index is -0.184. The molecule has 3 amide bonds. The summed E-state index contributed by atoms with van der Waals surface area (Å²) < 4.78 is 0. The van der Waals surface area contributed by atoms with Crippen LogP contribution in [-0.4, -0.2) is 30.9 Å². The van der Waals surface area contributed by atoms with E-state index < -0.39 is 0 Å². The van der Waals surface area contributed by atoms with Crippen LogP contribution >= 0.6 is 0 Å². The van der Waals surface area contributed by atoms with E-state index in [9.17, 15) is 9.59 Å². The summed E-state index contributed by atoms with van der Waals surface area (Å²) >= 11 is 0. The lowest BCUT2D eigenvalue weighted by Gasteiger charge is -2.13. The van der Waals surface area contributed by atoms with Gasteiger partial charge in [-0.2, -0.15) is 0 Å². The van der Waals surface area contributed by atoms with Crippen LogP contribution in [0.2, 0.25) is 0 Å². The van der Waals surface area contributed by atoms with Crippen molar-refractivity contribution in [2.45, 2.75) is 26.8 Å². The summed E-state index contributed by atoms with van der Waals surface area (Å²) in [6, 6.07) is 13.4. The van der Waals surface area contributed by atoms with Gasteiger partial charge in [-0.3, -0.25) is 4.79 Å². The molecule has 5 nitrogen and oxygen atoms in total. The Kier molecular flexibility index (Phi) is 6.17. The van der Waals surface area contributed by atoms with Crippen molar-refractivity contribution in [2.24, 2.45) is 0 Å². The third kappa shape index (κ3) is 5.64. The number of carbonyl (C=O) groups is 2. The number of hydrogen-bond acceptors (Lipinski definition) is 2. The second-order valence-corrected chi connectivity index (χ2v) is 6.41. The molecular formula is C20H25N3O2. The maximum atomic E-state index is 12.2. The fourth-order valence-electron chi connectivity index (χ4n) is 2.42. The molecule has 0 aromatic heterocycles. The summed E-state index contributed by atoms with van der Waals surface area (Å²) in [4.78, 5) is 25.4. The van der Waals surface area contributed by atoms with Gasteiger partial charge in [-0.05, 0) is 42.7 Å². The number of rotatable bonds is 5. The van der Waals surface area contributed by atoms with Crippen LogP contribution in [0.1, 0.15) is 22.3 Å². The van der Waals surface area contributed by atoms with E-state index in [2.05, 4.69) is 10.6 Å². The summed E-state index contributed by atoms with van der Waals surface area (Å²) in [5.74, 6) is -0.0172. The molecule has 25 heavy (non-hydrogen) atoms. The number of urea groups is 1. The largest absolute Gasteiger partial charge is 0.352 e. The lowest BCUT2D eigenvalue weighted by Crippen LogP contribution is -2.27. The molecule has 0 aliphatic heterocycles. The number of nitrogens with one attached hydrogen (secondary N) is 2. The fraction of sp³-hybridized carbons (Fsp3) is 0.300. The molecular weight excluding hydrogens is 314 g/mol. The second kappa shape index (κ2) is 8.33. The highest BCUT2D eigenvalue weighted by atomic mass is 16.2. The lowest BCUT2D eigenvalue weighted by molar-refractivity contribution is -0.120. The predicted molar refractivity (Wildman–Crippen MR) is 101 cm³/mol. The number of nitrogens with zero attached hydrogens (tertiary/aromatic N) is 1. The molecule has 2 aromatic rings. The van der Waals surface area contributed by atoms with Crippen molar-refractivity contribution in [3.63, 3.8) is 0 Å². The number of anilines is 1. The Morgan fingerprint density at radius 1 is 1.04 bits per heavy atom. The molecule has 0 aliphatic rings. The van der Waals surface area contributed by atoms with Crippen molar-refractivity contribution in [3.05, 3.63) is 64.7 Å². The maximum absolute atomic E-state index is 12.2. The van der Waals surface area contributed by atoms with Crippen molar-refractivity contribution in [2.75, 3.05) is 19.4 Å². The Morgan fingerprint density at radius 3 is 2.52 bits per heavy atom. The Hall–Kier alpha value is -2.82. The molecule has 0 fully saturated rings. The van der Waals surface area contributed by atoms with Gasteiger partial charge >= 0.3 is 6.03 Å². The van der Waals surface area contributed by atoms with Crippen LogP contribution in [0.5, 0.6) is 0 Å². The highest BCUT2D eigenvalue weighted by molar-refractivity contribution is 5.89. The van der Waals surface area contributed by atoms with Crippen molar-refractivity contribution < 1.29 is 9.59 Å². The van der Waals surface area contributed by atoms with Crippen molar-refractivity contribution >= 4 is 17.6 Å². The monoisotopic (exact) mass is 339 g/mol. The molecule has 0 spiro atoms. The molecule has 132 valence electrons. The highest BCUT2D eigenvalue weighted by Gasteiger charge is 2.08. The van der Waals surface area contributed by atoms with E-state index in [1.807, 2.05) is 56.3 Å². The van der Waals surface area contributed by atoms with Crippen LogP contribution in [-0.2, 0) is 17.8 Å². The normalized spacial score (nSPS) is 10.2. The minimum Gasteiger partial charge on any atom is -0.352 e. The third-order valence-corrected chi connectivity index (χ3v) is 3.93. The maximum Gasteiger partial charge on any atom is 0.321 e. The van der Waals surface area contributed by atoms with Gasteiger partial charge in [-0.25, -0.2) is 4.79 Å². The van der Waals surface area contributed by atoms with Crippen molar-refractivity contribution in [1.29, 1.82) is 0 Å². The molecule has 2 rings (SSSR count). The smallest absolute Gasteiger partial charge is 0.321 e. The van der Waals surface area contributed by atoms with E-state index >= 15 is 0 Å². The molecule has 5 heteroatoms. The van der Waals surface area contributed by atoms with Gasteiger partial charge in [0, 0.05) is 26.3 Å². The zero-order chi connectivity index (χ0) is 18.4. The summed E-state index contributed by atoms with van der Waals surface area (Å²) in [6.07, 6.45) is 0.366. The standard InChI is InChI=1S/C20H25N3O2/c1-14-8-9-15(2)17(10-14)12-19(24)21-13-16-6-5-7-18(11-16)22-20(25)23(3)4/h5-11H,12-13H2,1-4H3,(H,21,24)(H,22,25). The Balaban J connectivity index is 1.93. The first-order chi connectivity index (χ1) is 11.8. The number of amides is 3. The zero-order valence-electron chi connectivity index (χ0n) is 15.2. The van der Waals surface area contributed by atoms with Gasteiger partial charge in [0.25, 0.3) is 0 Å². The molecule has 0 unspecified atom stereocenters. The van der Waals surface area contributed by atoms with Crippen molar-refractivity contribution in [3.8, 4) is 0 Å². The van der Waals surface area contributed by atoms with E-state index in [0.717, 1.165) is 22.3 Å². The van der Waals surface area contributed by atoms with Gasteiger partial charge in [0.15, 0.2) is 0 Å². The SMILES string of the molecule is Cc1ccc(C)c(CC(=O)NCc2cccc(NC(=O)N(C)C)c2)c1. The van der Waals surface area contributed by atoms with Crippen LogP contribution < -0.4 is 10.6 Å². The molecule has 0 saturated carbocycles. The molecule has 0 aliphatic carbocycles. The quantitative estimate of drug-likeness (QED) is 0.878. The molecule has 2 N–H and O–H groups in total. The van der Waals surface area contributed by atoms with Crippen LogP contribution in [0.25, 0.3) is 0 Å². The minimum absolute atomic E-state index is 0.0172. The molecule has 0 heterocycles. The Morgan fingerprint density at radius 2 is 1.80 bits per heavy atom. The van der Waals surface area contributed by atoms with Crippen LogP contribution in [0.15, 0.2) is 42.5 Å². The summed E-state index contributed by atoms with van der Waals surface area (Å²) in [5.41, 5.74) is 4.96. The predicted octanol–water partition coefficient (Wildman–Crippen LogP) is 3.26. The molecule has 0 bridgehead atoms. The van der Waals surface area contributed by atoms with E-state index in [-0.39, 0.29) is 11.9 Å². The number of aryl methyl sites for hydroxylation is 2. The highest BCUT2D eigenvalue weighted by Crippen LogP contribution is 2.13. The molecule has 0 saturated heterocycles. The van der Waals surface area contributed by atoms with Gasteiger partial charge < -0.3 is 15.5 Å². The number of carbonyl (C=O) groups excluding carboxylic acids is 2. The number of benzene rings is 2. The van der Waals surface area contributed by atoms with Gasteiger partial charge in [0.05, 0.1) is 6.42 Å². The second-order valence-electron chi connectivity index (χ2n) is 6.41. The average molecular weight is 339 g/mol. The first-order valence-corrected chi connectivity index (χ1v) is 8.25. The summed E-state index contributed by atoms with van der Waals surface area (Å²) in [7, 11) is 3.37. The molecule has 0 atom stereocenters. The van der Waals surface area contributed by atoms with Crippen LogP contribution in [0, 0.1) is 13.8 Å². The van der Waals surface area contributed by atoms with Gasteiger partial charge in [0.1, 0.15) is 0 Å². The van der Waals surface area contributed by atoms with Crippen LogP contribution in [0.3, 0.4) is 0 Å². The topological polar surface area (TPSA) is 61.4 Å². The number of hydrogen-bond donors (Lipinski definition) is 2. The van der Waals surface area contributed by atoms with Gasteiger partial charge in [-0.15, -0.1) is 0 Å². The molecule has 2 aromatic carbocycles. The lowest BCUT2D eigenvalue weighted by atomic mass is 10.0. The zero-order valence-corrected chi connectivity index (χ0v) is 15.2. The van der Waals surface area contributed by atoms with Crippen molar-refractivity contribution in [1.82, 2.24) is 10.2 Å². The van der Waals surface area contributed by atoms with Crippen LogP contribution in [0.4, 0.5) is 10.5 Å². The summed E-state index contributed by atoms with van der Waals surface area (Å²) in [6.45, 7) is 4.46. The van der Waals surface area contributed by atoms with E-state index in [1.165, 1.54) is 4.90 Å². The Labute approximate surface area is 149 Å². The van der Waals surface area contributed by atoms with Gasteiger partial charge in [-0.1, -0.05) is 35.9 Å². The van der Waals surface area contributed by atoms with E-state index in [1.54, 1.807) is 14.1 Å². The molecule has 0 radical (unpaired) electrons. The summed E-state index contributed by atoms with van der Waals surface area (Å²) in [5, 5.41) is 5.73.